The number of rotatable bonds is 7. The Kier molecular flexibility index (Phi) is 6.06. The maximum atomic E-state index is 12.6. The maximum absolute atomic E-state index is 12.6. The maximum Gasteiger partial charge on any atom is 0.283 e. The average Bonchev–Trinajstić information content (AvgIpc) is 3.47. The third-order valence-corrected chi connectivity index (χ3v) is 6.85. The van der Waals surface area contributed by atoms with Crippen LogP contribution in [-0.2, 0) is 11.3 Å². The molecule has 0 saturated carbocycles. The van der Waals surface area contributed by atoms with Crippen LogP contribution in [0.3, 0.4) is 0 Å². The van der Waals surface area contributed by atoms with Crippen LogP contribution in [0.5, 0.6) is 5.75 Å². The van der Waals surface area contributed by atoms with Gasteiger partial charge >= 0.3 is 0 Å². The predicted molar refractivity (Wildman–Crippen MR) is 139 cm³/mol. The van der Waals surface area contributed by atoms with Crippen LogP contribution in [-0.4, -0.2) is 38.6 Å². The number of fused-ring (bicyclic) bond motifs is 2. The summed E-state index contributed by atoms with van der Waals surface area (Å²) in [4.78, 5) is 16.7. The van der Waals surface area contributed by atoms with Gasteiger partial charge in [-0.3, -0.25) is 10.2 Å². The Bertz CT molecular complexity index is 1350. The van der Waals surface area contributed by atoms with Crippen molar-refractivity contribution in [3.05, 3.63) is 71.4 Å². The van der Waals surface area contributed by atoms with Crippen molar-refractivity contribution >= 4 is 51.2 Å². The number of benzene rings is 2. The second kappa shape index (κ2) is 9.30. The normalized spacial score (nSPS) is 17.4. The molecule has 7 nitrogen and oxygen atoms in total. The summed E-state index contributed by atoms with van der Waals surface area (Å²) in [6, 6.07) is 16.3. The van der Waals surface area contributed by atoms with Crippen LogP contribution < -0.4 is 4.74 Å². The summed E-state index contributed by atoms with van der Waals surface area (Å²) < 4.78 is 8.12. The molecule has 2 aromatic carbocycles. The Labute approximate surface area is 202 Å². The molecule has 0 spiro atoms. The number of ether oxygens (including phenoxy) is 1. The lowest BCUT2D eigenvalue weighted by molar-refractivity contribution is -0.114. The van der Waals surface area contributed by atoms with E-state index in [0.717, 1.165) is 28.6 Å². The van der Waals surface area contributed by atoms with Crippen LogP contribution in [0.1, 0.15) is 37.3 Å². The highest BCUT2D eigenvalue weighted by Gasteiger charge is 2.32. The molecule has 34 heavy (non-hydrogen) atoms. The fourth-order valence-electron chi connectivity index (χ4n) is 4.06. The number of amidine groups is 2. The number of hydrogen-bond donors (Lipinski definition) is 1. The molecule has 2 aliphatic heterocycles. The molecule has 3 aromatic rings. The minimum absolute atomic E-state index is 0.0391. The van der Waals surface area contributed by atoms with Gasteiger partial charge < -0.3 is 9.30 Å². The molecule has 1 N–H and O–H groups in total. The molecular weight excluding hydrogens is 446 g/mol. The van der Waals surface area contributed by atoms with Crippen molar-refractivity contribution in [2.24, 2.45) is 10.1 Å². The van der Waals surface area contributed by atoms with E-state index in [1.807, 2.05) is 42.6 Å². The number of para-hydroxylation sites is 1. The number of aromatic nitrogens is 1. The van der Waals surface area contributed by atoms with Crippen molar-refractivity contribution in [1.82, 2.24) is 9.58 Å². The Hall–Kier alpha value is -3.65. The van der Waals surface area contributed by atoms with Gasteiger partial charge in [0.25, 0.3) is 5.91 Å². The molecule has 0 fully saturated rings. The first-order valence-electron chi connectivity index (χ1n) is 11.3. The zero-order valence-corrected chi connectivity index (χ0v) is 19.9. The third kappa shape index (κ3) is 4.17. The van der Waals surface area contributed by atoms with E-state index in [1.54, 1.807) is 11.6 Å². The Morgan fingerprint density at radius 3 is 2.76 bits per heavy atom. The van der Waals surface area contributed by atoms with E-state index in [9.17, 15) is 4.79 Å². The average molecular weight is 472 g/mol. The first-order valence-corrected chi connectivity index (χ1v) is 12.2. The predicted octanol–water partition coefficient (Wildman–Crippen LogP) is 5.48. The monoisotopic (exact) mass is 471 g/mol. The number of nitrogens with one attached hydrogen (secondary N) is 1. The number of amides is 1. The first kappa shape index (κ1) is 22.2. The fourth-order valence-corrected chi connectivity index (χ4v) is 4.67. The Balaban J connectivity index is 1.36. The fraction of sp³-hybridized carbons (Fsp3) is 0.231. The Morgan fingerprint density at radius 1 is 1.18 bits per heavy atom. The highest BCUT2D eigenvalue weighted by atomic mass is 32.2. The lowest BCUT2D eigenvalue weighted by Crippen LogP contribution is -2.35. The first-order chi connectivity index (χ1) is 16.5. The van der Waals surface area contributed by atoms with Gasteiger partial charge in [-0.25, -0.2) is 0 Å². The van der Waals surface area contributed by atoms with Gasteiger partial charge in [-0.05, 0) is 53.9 Å². The highest BCUT2D eigenvalue weighted by Crippen LogP contribution is 2.28. The van der Waals surface area contributed by atoms with E-state index >= 15 is 0 Å². The van der Waals surface area contributed by atoms with E-state index in [1.165, 1.54) is 22.3 Å². The van der Waals surface area contributed by atoms with Gasteiger partial charge in [0.05, 0.1) is 17.7 Å². The molecular formula is C26H25N5O2S. The molecule has 1 unspecified atom stereocenters. The Morgan fingerprint density at radius 2 is 1.97 bits per heavy atom. The number of hydrazone groups is 1. The molecule has 172 valence electrons. The van der Waals surface area contributed by atoms with Crippen molar-refractivity contribution in [3.8, 4) is 5.75 Å². The van der Waals surface area contributed by atoms with E-state index in [-0.39, 0.29) is 11.4 Å². The molecule has 0 bridgehead atoms. The van der Waals surface area contributed by atoms with E-state index in [0.29, 0.717) is 24.2 Å². The van der Waals surface area contributed by atoms with Gasteiger partial charge in [-0.2, -0.15) is 15.1 Å². The van der Waals surface area contributed by atoms with Gasteiger partial charge in [0.2, 0.25) is 0 Å². The zero-order chi connectivity index (χ0) is 23.7. The van der Waals surface area contributed by atoms with Gasteiger partial charge in [0.1, 0.15) is 12.4 Å². The summed E-state index contributed by atoms with van der Waals surface area (Å²) in [7, 11) is 0. The second-order valence-corrected chi connectivity index (χ2v) is 9.09. The van der Waals surface area contributed by atoms with E-state index in [4.69, 9.17) is 10.1 Å². The van der Waals surface area contributed by atoms with Crippen LogP contribution in [0.4, 0.5) is 0 Å². The molecule has 1 aromatic heterocycles. The number of hydrogen-bond acceptors (Lipinski definition) is 5. The summed E-state index contributed by atoms with van der Waals surface area (Å²) in [6.07, 6.45) is 4.84. The van der Waals surface area contributed by atoms with Crippen LogP contribution in [0.25, 0.3) is 17.0 Å². The van der Waals surface area contributed by atoms with Crippen LogP contribution in [0.2, 0.25) is 0 Å². The van der Waals surface area contributed by atoms with E-state index < -0.39 is 5.91 Å². The van der Waals surface area contributed by atoms with E-state index in [2.05, 4.69) is 40.6 Å². The molecule has 0 radical (unpaired) electrons. The highest BCUT2D eigenvalue weighted by molar-refractivity contribution is 8.25. The standard InChI is InChI=1S/C26H25N5O2S/c1-3-17(2)18-8-10-20(11-9-18)33-13-12-30-15-19(21-6-4-5-7-23(21)30)14-22-24(27)31-26(29-25(22)32)34-16-28-31/h4-11,14-17,27H,3,12-13H2,1-2H3. The molecule has 0 aliphatic carbocycles. The number of nitrogens with zero attached hydrogens (tertiary/aromatic N) is 4. The molecule has 3 heterocycles. The zero-order valence-electron chi connectivity index (χ0n) is 19.1. The van der Waals surface area contributed by atoms with Gasteiger partial charge in [0, 0.05) is 22.7 Å². The summed E-state index contributed by atoms with van der Waals surface area (Å²) in [5.41, 5.74) is 5.02. The number of carbonyl (C=O) groups is 1. The second-order valence-electron chi connectivity index (χ2n) is 8.28. The lowest BCUT2D eigenvalue weighted by Gasteiger charge is -2.20. The molecule has 1 atom stereocenters. The van der Waals surface area contributed by atoms with Gasteiger partial charge in [-0.15, -0.1) is 0 Å². The smallest absolute Gasteiger partial charge is 0.283 e. The number of aliphatic imine (C=N–C) groups is 1. The minimum Gasteiger partial charge on any atom is -0.492 e. The number of thioether (sulfide) groups is 1. The lowest BCUT2D eigenvalue weighted by atomic mass is 9.99. The molecule has 8 heteroatoms. The van der Waals surface area contributed by atoms with Crippen molar-refractivity contribution in [3.63, 3.8) is 0 Å². The van der Waals surface area contributed by atoms with Crippen LogP contribution in [0.15, 0.2) is 70.4 Å². The van der Waals surface area contributed by atoms with Crippen LogP contribution >= 0.6 is 11.8 Å². The quantitative estimate of drug-likeness (QED) is 0.462. The van der Waals surface area contributed by atoms with Gasteiger partial charge in [0.15, 0.2) is 11.0 Å². The van der Waals surface area contributed by atoms with Gasteiger partial charge in [-0.1, -0.05) is 44.2 Å². The largest absolute Gasteiger partial charge is 0.492 e. The molecule has 2 aliphatic rings. The van der Waals surface area contributed by atoms with Crippen LogP contribution in [0, 0.1) is 5.41 Å². The minimum atomic E-state index is -0.421. The molecule has 5 rings (SSSR count). The third-order valence-electron chi connectivity index (χ3n) is 6.18. The summed E-state index contributed by atoms with van der Waals surface area (Å²) in [5, 5.41) is 15.4. The number of carbonyl (C=O) groups excluding carboxylic acids is 1. The molecule has 1 amide bonds. The van der Waals surface area contributed by atoms with Crippen molar-refractivity contribution < 1.29 is 9.53 Å². The summed E-state index contributed by atoms with van der Waals surface area (Å²) in [6.45, 7) is 5.58. The van der Waals surface area contributed by atoms with Crippen molar-refractivity contribution in [2.75, 3.05) is 6.61 Å². The molecule has 0 saturated heterocycles. The summed E-state index contributed by atoms with van der Waals surface area (Å²) in [5.74, 6) is 1.01. The van der Waals surface area contributed by atoms with Crippen molar-refractivity contribution in [2.45, 2.75) is 32.7 Å². The topological polar surface area (TPSA) is 83.0 Å². The summed E-state index contributed by atoms with van der Waals surface area (Å²) >= 11 is 1.24. The van der Waals surface area contributed by atoms with Crippen molar-refractivity contribution in [1.29, 1.82) is 5.41 Å². The SMILES string of the molecule is CCC(C)c1ccc(OCCn2cc(C=C3C(=N)N4N=CSC4=NC3=O)c3ccccc32)cc1.